The van der Waals surface area contributed by atoms with Gasteiger partial charge in [-0.1, -0.05) is 0 Å². The van der Waals surface area contributed by atoms with Crippen molar-refractivity contribution in [1.29, 1.82) is 0 Å². The summed E-state index contributed by atoms with van der Waals surface area (Å²) < 4.78 is 8.70. The molecule has 4 N–H and O–H groups in total. The van der Waals surface area contributed by atoms with Crippen molar-refractivity contribution < 1.29 is 36.9 Å². The molecule has 0 aromatic rings. The van der Waals surface area contributed by atoms with Gasteiger partial charge in [-0.3, -0.25) is 0 Å². The zero-order valence-electron chi connectivity index (χ0n) is 2.63. The molecular formula is H4MnO4P+. The standard InChI is InChI=1S/Mn.HO3P.H2O/c;1-4(2)3;/h;(H-,1,2,3);1H2/p+1. The summed E-state index contributed by atoms with van der Waals surface area (Å²) in [6.07, 6.45) is 0. The molecule has 0 aromatic carbocycles. The van der Waals surface area contributed by atoms with E-state index >= 15 is 0 Å². The Kier molecular flexibility index (Phi) is 24.3. The van der Waals surface area contributed by atoms with E-state index in [1.54, 1.807) is 0 Å². The van der Waals surface area contributed by atoms with Crippen LogP contribution < -0.4 is 0 Å². The minimum atomic E-state index is -2.87. The fraction of sp³-hybridized carbons (Fsp3) is 0. The van der Waals surface area contributed by atoms with Gasteiger partial charge in [-0.25, -0.2) is 0 Å². The first-order chi connectivity index (χ1) is 1.73. The maximum atomic E-state index is 8.70. The van der Waals surface area contributed by atoms with Gasteiger partial charge in [0.15, 0.2) is 0 Å². The third-order valence-corrected chi connectivity index (χ3v) is 0. The SMILES string of the molecule is O.O=[P+](O)O.[Mn]. The van der Waals surface area contributed by atoms with E-state index in [1.807, 2.05) is 0 Å². The molecule has 0 amide bonds. The van der Waals surface area contributed by atoms with E-state index in [2.05, 4.69) is 0 Å². The molecule has 0 aliphatic rings. The average molecular weight is 154 g/mol. The summed E-state index contributed by atoms with van der Waals surface area (Å²) in [5.41, 5.74) is 0. The molecule has 0 aromatic heterocycles. The van der Waals surface area contributed by atoms with Gasteiger partial charge >= 0.3 is 8.25 Å². The van der Waals surface area contributed by atoms with Gasteiger partial charge in [-0.2, -0.15) is 0 Å². The summed E-state index contributed by atoms with van der Waals surface area (Å²) in [7, 11) is -2.87. The summed E-state index contributed by atoms with van der Waals surface area (Å²) >= 11 is 0. The average Bonchev–Trinajstić information content (AvgIpc) is 0.811. The normalized spacial score (nSPS) is 4.33. The molecule has 39 valence electrons. The molecule has 6 heavy (non-hydrogen) atoms. The minimum absolute atomic E-state index is 0. The fourth-order valence-corrected chi connectivity index (χ4v) is 0. The molecule has 0 saturated heterocycles. The second-order valence-electron chi connectivity index (χ2n) is 0.253. The Balaban J connectivity index is -0.0000000450. The molecule has 0 rings (SSSR count). The predicted octanol–water partition coefficient (Wildman–Crippen LogP) is -1.20. The van der Waals surface area contributed by atoms with Gasteiger partial charge in [-0.15, -0.1) is 9.79 Å². The van der Waals surface area contributed by atoms with Crippen LogP contribution in [0.3, 0.4) is 0 Å². The van der Waals surface area contributed by atoms with Crippen LogP contribution in [0.4, 0.5) is 0 Å². The zero-order valence-corrected chi connectivity index (χ0v) is 4.70. The van der Waals surface area contributed by atoms with Gasteiger partial charge in [0.1, 0.15) is 0 Å². The molecule has 0 heterocycles. The maximum Gasteiger partial charge on any atom is 0.692 e. The van der Waals surface area contributed by atoms with E-state index in [1.165, 1.54) is 0 Å². The van der Waals surface area contributed by atoms with Crippen LogP contribution in [0.2, 0.25) is 0 Å². The Morgan fingerprint density at radius 3 is 1.33 bits per heavy atom. The Morgan fingerprint density at radius 1 is 1.33 bits per heavy atom. The quantitative estimate of drug-likeness (QED) is 0.339. The van der Waals surface area contributed by atoms with Crippen LogP contribution in [0.15, 0.2) is 0 Å². The third kappa shape index (κ3) is 221. The molecule has 4 nitrogen and oxygen atoms in total. The topological polar surface area (TPSA) is 89.0 Å². The van der Waals surface area contributed by atoms with Crippen molar-refractivity contribution in [3.05, 3.63) is 0 Å². The second-order valence-corrected chi connectivity index (χ2v) is 0.758. The second kappa shape index (κ2) is 9.09. The van der Waals surface area contributed by atoms with Crippen LogP contribution in [0.25, 0.3) is 0 Å². The Labute approximate surface area is 45.9 Å². The third-order valence-electron chi connectivity index (χ3n) is 0. The van der Waals surface area contributed by atoms with Gasteiger partial charge < -0.3 is 5.48 Å². The molecule has 1 radical (unpaired) electrons. The number of hydrogen-bond donors (Lipinski definition) is 2. The smallest absolute Gasteiger partial charge is 0.412 e. The minimum Gasteiger partial charge on any atom is -0.412 e. The Bertz CT molecular complexity index is 30.5. The molecule has 6 heteroatoms. The summed E-state index contributed by atoms with van der Waals surface area (Å²) in [5, 5.41) is 0. The van der Waals surface area contributed by atoms with Crippen LogP contribution in [-0.4, -0.2) is 15.3 Å². The van der Waals surface area contributed by atoms with Crippen molar-refractivity contribution in [3.63, 3.8) is 0 Å². The van der Waals surface area contributed by atoms with Crippen molar-refractivity contribution in [2.24, 2.45) is 0 Å². The zero-order chi connectivity index (χ0) is 3.58. The molecule has 0 unspecified atom stereocenters. The summed E-state index contributed by atoms with van der Waals surface area (Å²) in [5.74, 6) is 0. The van der Waals surface area contributed by atoms with Gasteiger partial charge in [0.05, 0.1) is 0 Å². The van der Waals surface area contributed by atoms with Crippen LogP contribution in [0, 0.1) is 0 Å². The number of rotatable bonds is 0. The van der Waals surface area contributed by atoms with Crippen molar-refractivity contribution in [1.82, 2.24) is 0 Å². The van der Waals surface area contributed by atoms with Crippen molar-refractivity contribution in [2.45, 2.75) is 0 Å². The van der Waals surface area contributed by atoms with Gasteiger partial charge in [0.25, 0.3) is 0 Å². The van der Waals surface area contributed by atoms with E-state index in [4.69, 9.17) is 14.4 Å². The van der Waals surface area contributed by atoms with Gasteiger partial charge in [-0.05, 0) is 0 Å². The van der Waals surface area contributed by atoms with Crippen LogP contribution >= 0.6 is 8.25 Å². The Hall–Kier alpha value is 0.499. The molecule has 0 fully saturated rings. The van der Waals surface area contributed by atoms with E-state index in [0.717, 1.165) is 0 Å². The van der Waals surface area contributed by atoms with E-state index in [-0.39, 0.29) is 22.5 Å². The van der Waals surface area contributed by atoms with Crippen molar-refractivity contribution in [3.8, 4) is 0 Å². The molecular weight excluding hydrogens is 150 g/mol. The van der Waals surface area contributed by atoms with Crippen molar-refractivity contribution in [2.75, 3.05) is 0 Å². The van der Waals surface area contributed by atoms with Crippen LogP contribution in [0.1, 0.15) is 0 Å². The fourth-order valence-electron chi connectivity index (χ4n) is 0. The van der Waals surface area contributed by atoms with E-state index in [9.17, 15) is 0 Å². The molecule has 0 atom stereocenters. The summed E-state index contributed by atoms with van der Waals surface area (Å²) in [6.45, 7) is 0. The Morgan fingerprint density at radius 2 is 1.33 bits per heavy atom. The largest absolute Gasteiger partial charge is 0.692 e. The van der Waals surface area contributed by atoms with Crippen LogP contribution in [0.5, 0.6) is 0 Å². The molecule has 0 aliphatic carbocycles. The first-order valence-electron chi connectivity index (χ1n) is 0.583. The maximum absolute atomic E-state index is 8.70. The van der Waals surface area contributed by atoms with E-state index < -0.39 is 8.25 Å². The first-order valence-corrected chi connectivity index (χ1v) is 1.75. The van der Waals surface area contributed by atoms with Gasteiger partial charge in [0, 0.05) is 21.6 Å². The van der Waals surface area contributed by atoms with Gasteiger partial charge in [0.2, 0.25) is 0 Å². The number of hydrogen-bond acceptors (Lipinski definition) is 1. The molecule has 0 saturated carbocycles. The van der Waals surface area contributed by atoms with Crippen molar-refractivity contribution >= 4 is 8.25 Å². The first kappa shape index (κ1) is 16.1. The summed E-state index contributed by atoms with van der Waals surface area (Å²) in [6, 6.07) is 0. The monoisotopic (exact) mass is 154 g/mol. The molecule has 0 aliphatic heterocycles. The molecule has 0 bridgehead atoms. The van der Waals surface area contributed by atoms with Crippen LogP contribution in [-0.2, 0) is 21.6 Å². The van der Waals surface area contributed by atoms with E-state index in [0.29, 0.717) is 0 Å². The summed E-state index contributed by atoms with van der Waals surface area (Å²) in [4.78, 5) is 14.2. The predicted molar refractivity (Wildman–Crippen MR) is 15.7 cm³/mol. The molecule has 0 spiro atoms.